The van der Waals surface area contributed by atoms with E-state index in [9.17, 15) is 19.2 Å². The van der Waals surface area contributed by atoms with Gasteiger partial charge >= 0.3 is 32.5 Å². The van der Waals surface area contributed by atoms with Gasteiger partial charge in [0.25, 0.3) is 0 Å². The number of aromatic carboxylic acids is 4. The summed E-state index contributed by atoms with van der Waals surface area (Å²) in [5.41, 5.74) is -0.0744. The van der Waals surface area contributed by atoms with Crippen LogP contribution in [0, 0.1) is 0 Å². The molecule has 0 aromatic heterocycles. The normalized spacial score (nSPS) is 9.06. The first-order valence-corrected chi connectivity index (χ1v) is 10.2. The monoisotopic (exact) mass is 492 g/mol. The maximum Gasteiger partial charge on any atom is 0.335 e. The zero-order chi connectivity index (χ0) is 26.1. The van der Waals surface area contributed by atoms with Crippen molar-refractivity contribution in [2.45, 2.75) is 0 Å². The summed E-state index contributed by atoms with van der Waals surface area (Å²) in [6, 6.07) is 22.4. The summed E-state index contributed by atoms with van der Waals surface area (Å²) in [6.45, 7) is 0. The maximum absolute atomic E-state index is 10.4. The van der Waals surface area contributed by atoms with E-state index in [-0.39, 0.29) is 22.3 Å². The molecule has 0 amide bonds. The maximum atomic E-state index is 10.4. The van der Waals surface area contributed by atoms with Gasteiger partial charge in [-0.15, -0.1) is 0 Å². The summed E-state index contributed by atoms with van der Waals surface area (Å²) < 4.78 is 0. The lowest BCUT2D eigenvalue weighted by Crippen LogP contribution is -2.01. The minimum absolute atomic E-state index is 0.0186. The number of benzene rings is 3. The fourth-order valence-corrected chi connectivity index (χ4v) is 1.96. The molecule has 34 heavy (non-hydrogen) atoms. The first-order valence-electron chi connectivity index (χ1n) is 8.95. The first kappa shape index (κ1) is 29.9. The lowest BCUT2D eigenvalue weighted by Gasteiger charge is -1.95. The average molecular weight is 492 g/mol. The largest absolute Gasteiger partial charge is 0.478 e. The van der Waals surface area contributed by atoms with E-state index < -0.39 is 32.5 Å². The van der Waals surface area contributed by atoms with Crippen molar-refractivity contribution in [2.24, 2.45) is 0 Å². The van der Waals surface area contributed by atoms with Crippen LogP contribution in [-0.4, -0.2) is 59.0 Å². The summed E-state index contributed by atoms with van der Waals surface area (Å²) in [6.07, 6.45) is 0. The molecule has 0 aliphatic carbocycles. The van der Waals surface area contributed by atoms with Gasteiger partial charge in [-0.25, -0.2) is 19.2 Å². The SMILES string of the molecule is O=C(O)c1cccc(C(=O)O)c1.O=C(O)c1cccc(C(=O)O)c1.OP(O)O.c1ccccc1. The van der Waals surface area contributed by atoms with Crippen molar-refractivity contribution in [3.05, 3.63) is 107 Å². The minimum atomic E-state index is -2.62. The van der Waals surface area contributed by atoms with Gasteiger partial charge in [-0.05, 0) is 36.4 Å². The van der Waals surface area contributed by atoms with Crippen LogP contribution in [0.25, 0.3) is 0 Å². The highest BCUT2D eigenvalue weighted by atomic mass is 31.2. The quantitative estimate of drug-likeness (QED) is 0.263. The fourth-order valence-electron chi connectivity index (χ4n) is 1.96. The van der Waals surface area contributed by atoms with E-state index in [4.69, 9.17) is 35.1 Å². The average Bonchev–Trinajstić information content (AvgIpc) is 2.81. The van der Waals surface area contributed by atoms with Crippen LogP contribution in [0.1, 0.15) is 41.4 Å². The van der Waals surface area contributed by atoms with Crippen LogP contribution in [0.3, 0.4) is 0 Å². The Morgan fingerprint density at radius 2 is 0.618 bits per heavy atom. The molecule has 0 atom stereocenters. The van der Waals surface area contributed by atoms with Gasteiger partial charge in [0, 0.05) is 0 Å². The zero-order valence-electron chi connectivity index (χ0n) is 17.3. The van der Waals surface area contributed by atoms with Crippen LogP contribution in [0.2, 0.25) is 0 Å². The number of carbonyl (C=O) groups is 4. The van der Waals surface area contributed by atoms with Crippen molar-refractivity contribution in [3.8, 4) is 0 Å². The zero-order valence-corrected chi connectivity index (χ0v) is 18.2. The van der Waals surface area contributed by atoms with Crippen molar-refractivity contribution >= 4 is 32.5 Å². The predicted octanol–water partition coefficient (Wildman–Crippen LogP) is 3.04. The third-order valence-electron chi connectivity index (χ3n) is 3.38. The van der Waals surface area contributed by atoms with Crippen LogP contribution in [-0.2, 0) is 0 Å². The van der Waals surface area contributed by atoms with Crippen molar-refractivity contribution in [2.75, 3.05) is 0 Å². The van der Waals surface area contributed by atoms with Gasteiger partial charge in [0.2, 0.25) is 0 Å². The predicted molar refractivity (Wildman–Crippen MR) is 121 cm³/mol. The van der Waals surface area contributed by atoms with E-state index in [1.54, 1.807) is 0 Å². The summed E-state index contributed by atoms with van der Waals surface area (Å²) in [5.74, 6) is -4.51. The van der Waals surface area contributed by atoms with E-state index >= 15 is 0 Å². The van der Waals surface area contributed by atoms with Crippen LogP contribution < -0.4 is 0 Å². The Morgan fingerprint density at radius 3 is 0.765 bits per heavy atom. The molecule has 0 heterocycles. The molecule has 0 spiro atoms. The van der Waals surface area contributed by atoms with E-state index in [1.807, 2.05) is 36.4 Å². The molecule has 12 heteroatoms. The van der Waals surface area contributed by atoms with Gasteiger partial charge in [-0.2, -0.15) is 0 Å². The highest BCUT2D eigenvalue weighted by Crippen LogP contribution is 2.11. The van der Waals surface area contributed by atoms with Gasteiger partial charge in [0.05, 0.1) is 22.3 Å². The van der Waals surface area contributed by atoms with E-state index in [0.717, 1.165) is 12.1 Å². The summed E-state index contributed by atoms with van der Waals surface area (Å²) in [7, 11) is -2.62. The molecule has 0 bridgehead atoms. The lowest BCUT2D eigenvalue weighted by atomic mass is 10.1. The number of hydrogen-bond donors (Lipinski definition) is 7. The van der Waals surface area contributed by atoms with Crippen LogP contribution in [0.5, 0.6) is 0 Å². The Bertz CT molecular complexity index is 914. The van der Waals surface area contributed by atoms with E-state index in [2.05, 4.69) is 0 Å². The Hall–Kier alpha value is -4.15. The van der Waals surface area contributed by atoms with Gasteiger partial charge in [-0.1, -0.05) is 48.5 Å². The third-order valence-corrected chi connectivity index (χ3v) is 3.38. The van der Waals surface area contributed by atoms with Crippen molar-refractivity contribution < 1.29 is 54.3 Å². The smallest absolute Gasteiger partial charge is 0.335 e. The number of rotatable bonds is 4. The van der Waals surface area contributed by atoms with Gasteiger partial charge in [0.1, 0.15) is 0 Å². The Balaban J connectivity index is 0.000000464. The molecule has 0 saturated carbocycles. The highest BCUT2D eigenvalue weighted by Gasteiger charge is 2.07. The first-order chi connectivity index (χ1) is 16.0. The lowest BCUT2D eigenvalue weighted by molar-refractivity contribution is 0.0676. The van der Waals surface area contributed by atoms with Crippen LogP contribution in [0.4, 0.5) is 0 Å². The van der Waals surface area contributed by atoms with Crippen molar-refractivity contribution in [1.82, 2.24) is 0 Å². The number of hydrogen-bond acceptors (Lipinski definition) is 7. The second kappa shape index (κ2) is 16.5. The Kier molecular flexibility index (Phi) is 14.5. The molecule has 180 valence electrons. The van der Waals surface area contributed by atoms with Crippen molar-refractivity contribution in [1.29, 1.82) is 0 Å². The van der Waals surface area contributed by atoms with E-state index in [0.29, 0.717) is 0 Å². The Labute approximate surface area is 194 Å². The van der Waals surface area contributed by atoms with Crippen molar-refractivity contribution in [3.63, 3.8) is 0 Å². The molecule has 0 saturated heterocycles. The van der Waals surface area contributed by atoms with Gasteiger partial charge < -0.3 is 35.1 Å². The van der Waals surface area contributed by atoms with Crippen LogP contribution in [0.15, 0.2) is 84.9 Å². The van der Waals surface area contributed by atoms with Gasteiger partial charge in [0.15, 0.2) is 0 Å². The molecule has 0 aliphatic heterocycles. The second-order valence-electron chi connectivity index (χ2n) is 5.81. The Morgan fingerprint density at radius 1 is 0.441 bits per heavy atom. The molecule has 11 nitrogen and oxygen atoms in total. The topological polar surface area (TPSA) is 210 Å². The molecule has 0 aliphatic rings. The molecule has 7 N–H and O–H groups in total. The fraction of sp³-hybridized carbons (Fsp3) is 0. The molecule has 0 radical (unpaired) electrons. The van der Waals surface area contributed by atoms with Gasteiger partial charge in [-0.3, -0.25) is 0 Å². The second-order valence-corrected chi connectivity index (χ2v) is 6.34. The third kappa shape index (κ3) is 14.0. The van der Waals surface area contributed by atoms with Crippen LogP contribution >= 0.6 is 8.60 Å². The summed E-state index contributed by atoms with van der Waals surface area (Å²) in [5, 5.41) is 34.0. The molecule has 3 aromatic carbocycles. The number of carboxylic acids is 4. The molecule has 3 rings (SSSR count). The van der Waals surface area contributed by atoms with E-state index in [1.165, 1.54) is 36.4 Å². The molecule has 3 aromatic rings. The molecule has 0 unspecified atom stereocenters. The molecule has 0 fully saturated rings. The summed E-state index contributed by atoms with van der Waals surface area (Å²) >= 11 is 0. The standard InChI is InChI=1S/2C8H6O4.C6H6.H3O3P/c2*9-7(10)5-2-1-3-6(4-5)8(11)12;1-2-4-6-5-3-1;1-4(2)3/h2*1-4H,(H,9,10)(H,11,12);1-6H;1-3H. The minimum Gasteiger partial charge on any atom is -0.478 e. The highest BCUT2D eigenvalue weighted by molar-refractivity contribution is 7.38. The summed E-state index contributed by atoms with van der Waals surface area (Å²) in [4.78, 5) is 63.2. The molecular formula is C22H21O11P. The number of carboxylic acid groups (broad SMARTS) is 4. The molecular weight excluding hydrogens is 471 g/mol.